The highest BCUT2D eigenvalue weighted by atomic mass is 16.5. The normalized spacial score (nSPS) is 22.0. The van der Waals surface area contributed by atoms with Gasteiger partial charge in [0.1, 0.15) is 0 Å². The highest BCUT2D eigenvalue weighted by Gasteiger charge is 2.30. The van der Waals surface area contributed by atoms with Crippen molar-refractivity contribution in [3.05, 3.63) is 54.0 Å². The van der Waals surface area contributed by atoms with Crippen LogP contribution in [0.2, 0.25) is 0 Å². The molecule has 2 aromatic rings. The minimum atomic E-state index is -0.948. The van der Waals surface area contributed by atoms with E-state index in [0.717, 1.165) is 12.8 Å². The lowest BCUT2D eigenvalue weighted by Crippen LogP contribution is -2.47. The zero-order chi connectivity index (χ0) is 21.7. The van der Waals surface area contributed by atoms with Crippen LogP contribution in [0.3, 0.4) is 0 Å². The van der Waals surface area contributed by atoms with Crippen molar-refractivity contribution in [1.82, 2.24) is 5.32 Å². The first-order valence-electron chi connectivity index (χ1n) is 10.3. The van der Waals surface area contributed by atoms with Crippen molar-refractivity contribution in [2.75, 3.05) is 5.32 Å². The van der Waals surface area contributed by atoms with Crippen LogP contribution in [0.1, 0.15) is 60.9 Å². The van der Waals surface area contributed by atoms with Gasteiger partial charge in [-0.25, -0.2) is 4.79 Å². The lowest BCUT2D eigenvalue weighted by atomic mass is 9.78. The largest absolute Gasteiger partial charge is 0.459 e. The van der Waals surface area contributed by atoms with Crippen LogP contribution in [0, 0.1) is 11.8 Å². The molecule has 1 fully saturated rings. The molecule has 2 amide bonds. The first kappa shape index (κ1) is 21.6. The number of benzene rings is 1. The summed E-state index contributed by atoms with van der Waals surface area (Å²) in [6, 6.07) is 9.69. The molecule has 3 rings (SSSR count). The van der Waals surface area contributed by atoms with E-state index in [2.05, 4.69) is 24.5 Å². The third kappa shape index (κ3) is 5.09. The molecule has 0 unspecified atom stereocenters. The van der Waals surface area contributed by atoms with Crippen LogP contribution in [0.15, 0.2) is 47.1 Å². The summed E-state index contributed by atoms with van der Waals surface area (Å²) < 4.78 is 10.5. The van der Waals surface area contributed by atoms with E-state index >= 15 is 0 Å². The standard InChI is InChI=1S/C23H28N2O5/c1-14-8-6-11-18(15(14)2)24-21(26)16(3)30-23(28)17-9-4-5-10-19(17)25-22(27)20-12-7-13-29-20/h4-5,7,9-10,12-16,18H,6,8,11H2,1-3H3,(H,24,26)(H,25,27)/t14-,15+,16+,18-/m0/s1. The van der Waals surface area contributed by atoms with Gasteiger partial charge in [-0.05, 0) is 49.4 Å². The second kappa shape index (κ2) is 9.61. The van der Waals surface area contributed by atoms with E-state index in [1.54, 1.807) is 31.2 Å². The van der Waals surface area contributed by atoms with Gasteiger partial charge in [0, 0.05) is 6.04 Å². The molecule has 0 spiro atoms. The SMILES string of the molecule is C[C@H]1[C@@H](NC(=O)[C@@H](C)OC(=O)c2ccccc2NC(=O)c2ccco2)CCC[C@@H]1C. The molecule has 30 heavy (non-hydrogen) atoms. The van der Waals surface area contributed by atoms with Gasteiger partial charge < -0.3 is 19.8 Å². The Morgan fingerprint density at radius 2 is 1.87 bits per heavy atom. The fourth-order valence-electron chi connectivity index (χ4n) is 3.73. The van der Waals surface area contributed by atoms with Gasteiger partial charge in [0.15, 0.2) is 11.9 Å². The summed E-state index contributed by atoms with van der Waals surface area (Å²) in [5.74, 6) is -0.424. The van der Waals surface area contributed by atoms with E-state index in [9.17, 15) is 14.4 Å². The van der Waals surface area contributed by atoms with Crippen LogP contribution in [-0.4, -0.2) is 29.9 Å². The van der Waals surface area contributed by atoms with Gasteiger partial charge in [0.25, 0.3) is 11.8 Å². The molecule has 160 valence electrons. The van der Waals surface area contributed by atoms with E-state index < -0.39 is 18.0 Å². The summed E-state index contributed by atoms with van der Waals surface area (Å²) in [6.45, 7) is 5.89. The fraction of sp³-hybridized carbons (Fsp3) is 0.435. The van der Waals surface area contributed by atoms with Crippen LogP contribution in [-0.2, 0) is 9.53 Å². The molecule has 0 saturated heterocycles. The molecule has 7 heteroatoms. The molecule has 1 saturated carbocycles. The topological polar surface area (TPSA) is 97.6 Å². The Hall–Kier alpha value is -3.09. The zero-order valence-corrected chi connectivity index (χ0v) is 17.5. The van der Waals surface area contributed by atoms with Gasteiger partial charge in [0.05, 0.1) is 17.5 Å². The monoisotopic (exact) mass is 412 g/mol. The second-order valence-electron chi connectivity index (χ2n) is 7.91. The smallest absolute Gasteiger partial charge is 0.341 e. The lowest BCUT2D eigenvalue weighted by Gasteiger charge is -2.35. The number of hydrogen-bond acceptors (Lipinski definition) is 5. The number of carbonyl (C=O) groups is 3. The number of furan rings is 1. The number of rotatable bonds is 6. The summed E-state index contributed by atoms with van der Waals surface area (Å²) in [5.41, 5.74) is 0.447. The van der Waals surface area contributed by atoms with E-state index in [-0.39, 0.29) is 29.0 Å². The maximum Gasteiger partial charge on any atom is 0.341 e. The summed E-state index contributed by atoms with van der Waals surface area (Å²) in [6.07, 6.45) is 3.62. The average molecular weight is 412 g/mol. The number of para-hydroxylation sites is 1. The maximum absolute atomic E-state index is 12.7. The van der Waals surface area contributed by atoms with Gasteiger partial charge in [-0.2, -0.15) is 0 Å². The van der Waals surface area contributed by atoms with Crippen molar-refractivity contribution in [2.45, 2.75) is 52.2 Å². The van der Waals surface area contributed by atoms with Crippen molar-refractivity contribution in [3.63, 3.8) is 0 Å². The van der Waals surface area contributed by atoms with E-state index in [1.807, 2.05) is 0 Å². The summed E-state index contributed by atoms with van der Waals surface area (Å²) in [7, 11) is 0. The fourth-order valence-corrected chi connectivity index (χ4v) is 3.73. The number of esters is 1. The van der Waals surface area contributed by atoms with Gasteiger partial charge >= 0.3 is 5.97 Å². The van der Waals surface area contributed by atoms with Crippen molar-refractivity contribution in [3.8, 4) is 0 Å². The molecular weight excluding hydrogens is 384 g/mol. The minimum Gasteiger partial charge on any atom is -0.459 e. The summed E-state index contributed by atoms with van der Waals surface area (Å²) >= 11 is 0. The van der Waals surface area contributed by atoms with Crippen LogP contribution in [0.25, 0.3) is 0 Å². The molecule has 1 aromatic heterocycles. The van der Waals surface area contributed by atoms with Crippen molar-refractivity contribution >= 4 is 23.5 Å². The summed E-state index contributed by atoms with van der Waals surface area (Å²) in [5, 5.41) is 5.66. The molecule has 4 atom stereocenters. The number of amides is 2. The predicted octanol–water partition coefficient (Wildman–Crippen LogP) is 4.02. The molecule has 1 aliphatic rings. The Morgan fingerprint density at radius 3 is 2.60 bits per heavy atom. The van der Waals surface area contributed by atoms with Gasteiger partial charge in [-0.1, -0.05) is 38.8 Å². The Morgan fingerprint density at radius 1 is 1.10 bits per heavy atom. The Kier molecular flexibility index (Phi) is 6.92. The molecule has 1 aromatic carbocycles. The molecule has 1 heterocycles. The Balaban J connectivity index is 1.62. The molecule has 1 aliphatic carbocycles. The molecule has 0 aliphatic heterocycles. The number of nitrogens with one attached hydrogen (secondary N) is 2. The molecule has 0 radical (unpaired) electrons. The number of hydrogen-bond donors (Lipinski definition) is 2. The van der Waals surface area contributed by atoms with Gasteiger partial charge in [-0.15, -0.1) is 0 Å². The number of anilines is 1. The molecule has 0 bridgehead atoms. The highest BCUT2D eigenvalue weighted by Crippen LogP contribution is 2.29. The number of ether oxygens (including phenoxy) is 1. The van der Waals surface area contributed by atoms with Crippen molar-refractivity contribution < 1.29 is 23.5 Å². The van der Waals surface area contributed by atoms with E-state index in [0.29, 0.717) is 11.8 Å². The van der Waals surface area contributed by atoms with E-state index in [1.165, 1.54) is 24.8 Å². The molecule has 7 nitrogen and oxygen atoms in total. The average Bonchev–Trinajstić information content (AvgIpc) is 3.26. The Bertz CT molecular complexity index is 893. The second-order valence-corrected chi connectivity index (χ2v) is 7.91. The predicted molar refractivity (Wildman–Crippen MR) is 112 cm³/mol. The molecular formula is C23H28N2O5. The zero-order valence-electron chi connectivity index (χ0n) is 17.5. The first-order chi connectivity index (χ1) is 14.4. The quantitative estimate of drug-likeness (QED) is 0.699. The lowest BCUT2D eigenvalue weighted by molar-refractivity contribution is -0.130. The van der Waals surface area contributed by atoms with Crippen LogP contribution in [0.5, 0.6) is 0 Å². The first-order valence-corrected chi connectivity index (χ1v) is 10.3. The Labute approximate surface area is 176 Å². The van der Waals surface area contributed by atoms with Crippen molar-refractivity contribution in [2.24, 2.45) is 11.8 Å². The van der Waals surface area contributed by atoms with Crippen LogP contribution >= 0.6 is 0 Å². The van der Waals surface area contributed by atoms with Crippen LogP contribution in [0.4, 0.5) is 5.69 Å². The third-order valence-electron chi connectivity index (χ3n) is 5.83. The van der Waals surface area contributed by atoms with Gasteiger partial charge in [0.2, 0.25) is 0 Å². The third-order valence-corrected chi connectivity index (χ3v) is 5.83. The number of carbonyl (C=O) groups excluding carboxylic acids is 3. The van der Waals surface area contributed by atoms with E-state index in [4.69, 9.17) is 9.15 Å². The highest BCUT2D eigenvalue weighted by molar-refractivity contribution is 6.06. The maximum atomic E-state index is 12.7. The minimum absolute atomic E-state index is 0.0854. The summed E-state index contributed by atoms with van der Waals surface area (Å²) in [4.78, 5) is 37.5. The van der Waals surface area contributed by atoms with Gasteiger partial charge in [-0.3, -0.25) is 9.59 Å². The van der Waals surface area contributed by atoms with Crippen LogP contribution < -0.4 is 10.6 Å². The molecule has 2 N–H and O–H groups in total. The van der Waals surface area contributed by atoms with Crippen molar-refractivity contribution in [1.29, 1.82) is 0 Å².